The maximum absolute atomic E-state index is 13.2. The van der Waals surface area contributed by atoms with Gasteiger partial charge in [0.2, 0.25) is 0 Å². The van der Waals surface area contributed by atoms with Gasteiger partial charge in [0, 0.05) is 37.6 Å². The Morgan fingerprint density at radius 1 is 0.931 bits per heavy atom. The second-order valence-corrected chi connectivity index (χ2v) is 7.33. The number of anilines is 2. The summed E-state index contributed by atoms with van der Waals surface area (Å²) in [7, 11) is 0. The number of urea groups is 1. The number of aromatic hydroxyl groups is 1. The molecule has 8 heteroatoms. The van der Waals surface area contributed by atoms with Gasteiger partial charge in [-0.2, -0.15) is 0 Å². The zero-order chi connectivity index (χ0) is 20.5. The second kappa shape index (κ2) is 7.71. The molecule has 2 aliphatic rings. The van der Waals surface area contributed by atoms with Crippen LogP contribution in [-0.2, 0) is 4.79 Å². The molecule has 0 radical (unpaired) electrons. The van der Waals surface area contributed by atoms with Crippen LogP contribution in [-0.4, -0.2) is 65.7 Å². The zero-order valence-corrected chi connectivity index (χ0v) is 16.2. The average molecular weight is 398 g/mol. The monoisotopic (exact) mass is 398 g/mol. The minimum atomic E-state index is -0.619. The molecule has 0 saturated carbocycles. The Morgan fingerprint density at radius 2 is 1.52 bits per heavy atom. The molecule has 0 aromatic heterocycles. The van der Waals surface area contributed by atoms with Gasteiger partial charge in [-0.1, -0.05) is 0 Å². The lowest BCUT2D eigenvalue weighted by molar-refractivity contribution is -0.128. The summed E-state index contributed by atoms with van der Waals surface area (Å²) in [5, 5.41) is 9.43. The highest BCUT2D eigenvalue weighted by Crippen LogP contribution is 2.26. The Bertz CT molecular complexity index is 895. The number of phenolic OH excluding ortho intramolecular Hbond substituents is 1. The molecular weight excluding hydrogens is 375 g/mol. The first kappa shape index (κ1) is 19.2. The van der Waals surface area contributed by atoms with Crippen LogP contribution in [0.4, 0.5) is 20.6 Å². The number of hydrogen-bond donors (Lipinski definition) is 1. The van der Waals surface area contributed by atoms with Gasteiger partial charge in [0.15, 0.2) is 0 Å². The number of imide groups is 1. The number of nitrogens with zero attached hydrogens (tertiary/aromatic N) is 4. The van der Waals surface area contributed by atoms with Crippen LogP contribution in [0.5, 0.6) is 5.75 Å². The highest BCUT2D eigenvalue weighted by atomic mass is 19.1. The molecule has 2 saturated heterocycles. The van der Waals surface area contributed by atoms with E-state index in [0.29, 0.717) is 18.8 Å². The van der Waals surface area contributed by atoms with E-state index in [4.69, 9.17) is 0 Å². The first-order valence-corrected chi connectivity index (χ1v) is 9.60. The van der Waals surface area contributed by atoms with Crippen LogP contribution in [0.3, 0.4) is 0 Å². The topological polar surface area (TPSA) is 67.3 Å². The van der Waals surface area contributed by atoms with E-state index in [2.05, 4.69) is 9.80 Å². The molecule has 0 spiro atoms. The zero-order valence-electron chi connectivity index (χ0n) is 16.2. The molecule has 0 bridgehead atoms. The van der Waals surface area contributed by atoms with Gasteiger partial charge in [-0.15, -0.1) is 0 Å². The molecule has 2 aliphatic heterocycles. The summed E-state index contributed by atoms with van der Waals surface area (Å²) in [6.07, 6.45) is 0. The maximum Gasteiger partial charge on any atom is 0.333 e. The lowest BCUT2D eigenvalue weighted by Crippen LogP contribution is -2.51. The predicted molar refractivity (Wildman–Crippen MR) is 107 cm³/mol. The minimum absolute atomic E-state index is 0.235. The summed E-state index contributed by atoms with van der Waals surface area (Å²) in [5.41, 5.74) is 1.55. The van der Waals surface area contributed by atoms with Gasteiger partial charge >= 0.3 is 6.03 Å². The fraction of sp³-hybridized carbons (Fsp3) is 0.333. The third kappa shape index (κ3) is 3.75. The van der Waals surface area contributed by atoms with E-state index >= 15 is 0 Å². The molecule has 7 nitrogen and oxygen atoms in total. The summed E-state index contributed by atoms with van der Waals surface area (Å²) >= 11 is 0. The summed E-state index contributed by atoms with van der Waals surface area (Å²) in [6.45, 7) is 4.87. The van der Waals surface area contributed by atoms with Gasteiger partial charge in [0.05, 0.1) is 6.67 Å². The Balaban J connectivity index is 1.39. The van der Waals surface area contributed by atoms with E-state index in [1.165, 1.54) is 34.1 Å². The SMILES string of the molecule is C[C@H]1C(=O)N(CN2CCN(c3ccc(O)cc3)CC2)C(=O)N1c1ccc(F)cc1. The van der Waals surface area contributed by atoms with Crippen LogP contribution in [0.1, 0.15) is 6.92 Å². The van der Waals surface area contributed by atoms with Crippen molar-refractivity contribution in [2.75, 3.05) is 42.6 Å². The van der Waals surface area contributed by atoms with Crippen molar-refractivity contribution in [2.24, 2.45) is 0 Å². The van der Waals surface area contributed by atoms with E-state index in [-0.39, 0.29) is 30.2 Å². The molecule has 4 rings (SSSR count). The van der Waals surface area contributed by atoms with Gasteiger partial charge in [-0.05, 0) is 55.5 Å². The number of amides is 3. The van der Waals surface area contributed by atoms with Crippen molar-refractivity contribution in [3.8, 4) is 5.75 Å². The third-order valence-electron chi connectivity index (χ3n) is 5.48. The summed E-state index contributed by atoms with van der Waals surface area (Å²) in [5.74, 6) is -0.402. The molecule has 29 heavy (non-hydrogen) atoms. The highest BCUT2D eigenvalue weighted by Gasteiger charge is 2.44. The first-order valence-electron chi connectivity index (χ1n) is 9.60. The van der Waals surface area contributed by atoms with Gasteiger partial charge in [0.25, 0.3) is 5.91 Å². The van der Waals surface area contributed by atoms with Gasteiger partial charge < -0.3 is 10.0 Å². The van der Waals surface area contributed by atoms with Crippen LogP contribution in [0, 0.1) is 5.82 Å². The molecule has 152 valence electrons. The second-order valence-electron chi connectivity index (χ2n) is 7.33. The first-order chi connectivity index (χ1) is 13.9. The summed E-state index contributed by atoms with van der Waals surface area (Å²) in [4.78, 5) is 32.5. The number of hydrogen-bond acceptors (Lipinski definition) is 5. The smallest absolute Gasteiger partial charge is 0.333 e. The fourth-order valence-electron chi connectivity index (χ4n) is 3.80. The molecule has 2 aromatic rings. The number of carbonyl (C=O) groups is 2. The molecule has 1 atom stereocenters. The molecular formula is C21H23FN4O3. The van der Waals surface area contributed by atoms with Crippen molar-refractivity contribution in [1.82, 2.24) is 9.80 Å². The number of piperazine rings is 1. The quantitative estimate of drug-likeness (QED) is 0.802. The Hall–Kier alpha value is -3.13. The van der Waals surface area contributed by atoms with Crippen molar-refractivity contribution >= 4 is 23.3 Å². The van der Waals surface area contributed by atoms with Crippen LogP contribution < -0.4 is 9.80 Å². The van der Waals surface area contributed by atoms with Crippen molar-refractivity contribution in [3.05, 3.63) is 54.3 Å². The molecule has 2 aromatic carbocycles. The molecule has 2 fully saturated rings. The van der Waals surface area contributed by atoms with Crippen LogP contribution in [0.25, 0.3) is 0 Å². The molecule has 3 amide bonds. The number of carbonyl (C=O) groups excluding carboxylic acids is 2. The van der Waals surface area contributed by atoms with Crippen molar-refractivity contribution in [3.63, 3.8) is 0 Å². The Morgan fingerprint density at radius 3 is 2.14 bits per heavy atom. The molecule has 0 aliphatic carbocycles. The van der Waals surface area contributed by atoms with Crippen molar-refractivity contribution in [1.29, 1.82) is 0 Å². The largest absolute Gasteiger partial charge is 0.508 e. The van der Waals surface area contributed by atoms with E-state index < -0.39 is 6.04 Å². The lowest BCUT2D eigenvalue weighted by atomic mass is 10.2. The number of halogens is 1. The number of rotatable bonds is 4. The maximum atomic E-state index is 13.2. The van der Waals surface area contributed by atoms with Gasteiger partial charge in [-0.25, -0.2) is 14.1 Å². The number of benzene rings is 2. The highest BCUT2D eigenvalue weighted by molar-refractivity contribution is 6.14. The van der Waals surface area contributed by atoms with Gasteiger partial charge in [0.1, 0.15) is 17.6 Å². The van der Waals surface area contributed by atoms with E-state index in [0.717, 1.165) is 18.8 Å². The molecule has 2 heterocycles. The number of phenols is 1. The van der Waals surface area contributed by atoms with Crippen LogP contribution in [0.15, 0.2) is 48.5 Å². The van der Waals surface area contributed by atoms with Gasteiger partial charge in [-0.3, -0.25) is 14.6 Å². The van der Waals surface area contributed by atoms with E-state index in [1.807, 2.05) is 12.1 Å². The van der Waals surface area contributed by atoms with Crippen molar-refractivity contribution < 1.29 is 19.1 Å². The lowest BCUT2D eigenvalue weighted by Gasteiger charge is -2.37. The van der Waals surface area contributed by atoms with Crippen molar-refractivity contribution in [2.45, 2.75) is 13.0 Å². The normalized spacial score (nSPS) is 20.6. The predicted octanol–water partition coefficient (Wildman–Crippen LogP) is 2.47. The van der Waals surface area contributed by atoms with Crippen LogP contribution >= 0.6 is 0 Å². The fourth-order valence-corrected chi connectivity index (χ4v) is 3.80. The Labute approximate surface area is 168 Å². The van der Waals surface area contributed by atoms with Crippen LogP contribution in [0.2, 0.25) is 0 Å². The Kier molecular flexibility index (Phi) is 5.10. The molecule has 1 N–H and O–H groups in total. The third-order valence-corrected chi connectivity index (χ3v) is 5.48. The average Bonchev–Trinajstić information content (AvgIpc) is 2.93. The van der Waals surface area contributed by atoms with E-state index in [9.17, 15) is 19.1 Å². The summed E-state index contributed by atoms with van der Waals surface area (Å²) < 4.78 is 13.2. The molecule has 0 unspecified atom stereocenters. The standard InChI is InChI=1S/C21H23FN4O3/c1-15-20(28)25(21(29)26(15)18-4-2-16(22)3-5-18)14-23-10-12-24(13-11-23)17-6-8-19(27)9-7-17/h2-9,15,27H,10-14H2,1H3/t15-/m0/s1. The minimum Gasteiger partial charge on any atom is -0.508 e. The van der Waals surface area contributed by atoms with E-state index in [1.54, 1.807) is 19.1 Å². The summed E-state index contributed by atoms with van der Waals surface area (Å²) in [6, 6.07) is 11.7.